The number of piperazine rings is 1. The molecule has 0 aliphatic carbocycles. The summed E-state index contributed by atoms with van der Waals surface area (Å²) in [4.78, 5) is 20.3. The molecule has 184 valence electrons. The molecule has 0 saturated carbocycles. The van der Waals surface area contributed by atoms with Crippen LogP contribution in [0.3, 0.4) is 0 Å². The number of aryl methyl sites for hydroxylation is 1. The van der Waals surface area contributed by atoms with Gasteiger partial charge in [0, 0.05) is 55.6 Å². The molecule has 1 fully saturated rings. The number of aromatic amines is 1. The van der Waals surface area contributed by atoms with Crippen molar-refractivity contribution in [1.29, 1.82) is 0 Å². The van der Waals surface area contributed by atoms with Gasteiger partial charge in [-0.05, 0) is 32.9 Å². The van der Waals surface area contributed by atoms with E-state index in [0.29, 0.717) is 35.4 Å². The summed E-state index contributed by atoms with van der Waals surface area (Å²) in [6.07, 6.45) is 5.28. The molecule has 0 bridgehead atoms. The van der Waals surface area contributed by atoms with E-state index in [1.807, 2.05) is 25.3 Å². The minimum Gasteiger partial charge on any atom is -0.380 e. The lowest BCUT2D eigenvalue weighted by Crippen LogP contribution is -2.67. The summed E-state index contributed by atoms with van der Waals surface area (Å²) in [6.45, 7) is 7.39. The fourth-order valence-corrected chi connectivity index (χ4v) is 5.21. The second-order valence-electron chi connectivity index (χ2n) is 9.45. The third-order valence-corrected chi connectivity index (χ3v) is 6.60. The van der Waals surface area contributed by atoms with Gasteiger partial charge in [-0.15, -0.1) is 0 Å². The predicted octanol–water partition coefficient (Wildman–Crippen LogP) is 2.57. The second kappa shape index (κ2) is 9.03. The average Bonchev–Trinajstić information content (AvgIpc) is 3.44. The van der Waals surface area contributed by atoms with Crippen LogP contribution >= 0.6 is 0 Å². The van der Waals surface area contributed by atoms with E-state index in [2.05, 4.69) is 44.6 Å². The van der Waals surface area contributed by atoms with E-state index in [1.165, 1.54) is 6.07 Å². The van der Waals surface area contributed by atoms with E-state index in [4.69, 9.17) is 4.74 Å². The molecular weight excluding hydrogens is 449 g/mol. The van der Waals surface area contributed by atoms with Gasteiger partial charge in [0.05, 0.1) is 29.6 Å². The molecule has 9 nitrogen and oxygen atoms in total. The molecule has 3 aromatic heterocycles. The molecule has 1 aromatic carbocycles. The molecule has 1 saturated heterocycles. The molecule has 1 unspecified atom stereocenters. The lowest BCUT2D eigenvalue weighted by Gasteiger charge is -2.49. The number of nitrogens with zero attached hydrogens (tertiary/aromatic N) is 4. The molecule has 5 rings (SSSR count). The molecule has 4 aromatic rings. The number of pyridine rings is 1. The number of imidazole rings is 1. The SMILES string of the molecule is COCC(NC(=O)c1cccc2cn[nH]c12)(c1cc(F)c2nc(C)cn2c1)N1C[C@@H](C)N[C@@H](C)C1. The van der Waals surface area contributed by atoms with Crippen LogP contribution in [0.5, 0.6) is 0 Å². The van der Waals surface area contributed by atoms with Crippen LogP contribution in [0, 0.1) is 12.7 Å². The van der Waals surface area contributed by atoms with Crippen LogP contribution < -0.4 is 10.6 Å². The molecule has 4 heterocycles. The molecular formula is C25H30FN7O2. The van der Waals surface area contributed by atoms with E-state index in [-0.39, 0.29) is 30.2 Å². The number of hydrogen-bond donors (Lipinski definition) is 3. The number of fused-ring (bicyclic) bond motifs is 2. The molecule has 1 aliphatic rings. The third-order valence-electron chi connectivity index (χ3n) is 6.60. The number of aromatic nitrogens is 4. The van der Waals surface area contributed by atoms with Gasteiger partial charge in [0.2, 0.25) is 0 Å². The maximum Gasteiger partial charge on any atom is 0.255 e. The van der Waals surface area contributed by atoms with Gasteiger partial charge in [-0.25, -0.2) is 9.37 Å². The number of H-pyrrole nitrogens is 1. The van der Waals surface area contributed by atoms with Gasteiger partial charge in [-0.3, -0.25) is 14.8 Å². The molecule has 1 amide bonds. The Labute approximate surface area is 202 Å². The average molecular weight is 480 g/mol. The highest BCUT2D eigenvalue weighted by Crippen LogP contribution is 2.31. The Balaban J connectivity index is 1.67. The topological polar surface area (TPSA) is 99.6 Å². The van der Waals surface area contributed by atoms with Crippen LogP contribution in [0.2, 0.25) is 0 Å². The van der Waals surface area contributed by atoms with E-state index in [0.717, 1.165) is 5.39 Å². The number of methoxy groups -OCH3 is 1. The first-order valence-corrected chi connectivity index (χ1v) is 11.7. The van der Waals surface area contributed by atoms with Crippen molar-refractivity contribution >= 4 is 22.5 Å². The normalized spacial score (nSPS) is 20.8. The monoisotopic (exact) mass is 479 g/mol. The van der Waals surface area contributed by atoms with Crippen molar-refractivity contribution in [3.63, 3.8) is 0 Å². The summed E-state index contributed by atoms with van der Waals surface area (Å²) in [7, 11) is 1.59. The molecule has 0 spiro atoms. The number of rotatable bonds is 6. The maximum atomic E-state index is 15.3. The first kappa shape index (κ1) is 23.4. The van der Waals surface area contributed by atoms with Crippen LogP contribution in [0.1, 0.15) is 35.5 Å². The van der Waals surface area contributed by atoms with Crippen molar-refractivity contribution < 1.29 is 13.9 Å². The van der Waals surface area contributed by atoms with Crippen molar-refractivity contribution in [3.8, 4) is 0 Å². The number of amides is 1. The van der Waals surface area contributed by atoms with Crippen molar-refractivity contribution in [2.75, 3.05) is 26.8 Å². The molecule has 3 atom stereocenters. The van der Waals surface area contributed by atoms with Crippen LogP contribution in [0.4, 0.5) is 4.39 Å². The Morgan fingerprint density at radius 1 is 1.29 bits per heavy atom. The lowest BCUT2D eigenvalue weighted by molar-refractivity contribution is -0.0362. The highest BCUT2D eigenvalue weighted by molar-refractivity contribution is 6.05. The van der Waals surface area contributed by atoms with Crippen molar-refractivity contribution in [2.45, 2.75) is 38.5 Å². The zero-order valence-electron chi connectivity index (χ0n) is 20.3. The minimum absolute atomic E-state index is 0.121. The van der Waals surface area contributed by atoms with Gasteiger partial charge < -0.3 is 19.8 Å². The molecule has 0 radical (unpaired) electrons. The Bertz CT molecular complexity index is 1370. The van der Waals surface area contributed by atoms with Crippen molar-refractivity contribution in [2.24, 2.45) is 0 Å². The van der Waals surface area contributed by atoms with Gasteiger partial charge in [0.1, 0.15) is 5.66 Å². The van der Waals surface area contributed by atoms with Crippen LogP contribution in [0.15, 0.2) is 42.9 Å². The quantitative estimate of drug-likeness (QED) is 0.393. The van der Waals surface area contributed by atoms with Crippen LogP contribution in [-0.4, -0.2) is 69.3 Å². The molecule has 3 N–H and O–H groups in total. The molecule has 1 aliphatic heterocycles. The predicted molar refractivity (Wildman–Crippen MR) is 131 cm³/mol. The van der Waals surface area contributed by atoms with Gasteiger partial charge in [-0.1, -0.05) is 12.1 Å². The largest absolute Gasteiger partial charge is 0.380 e. The zero-order valence-corrected chi connectivity index (χ0v) is 20.3. The van der Waals surface area contributed by atoms with Crippen LogP contribution in [0.25, 0.3) is 16.6 Å². The van der Waals surface area contributed by atoms with Gasteiger partial charge in [0.25, 0.3) is 5.91 Å². The number of hydrogen-bond acceptors (Lipinski definition) is 6. The Hall–Kier alpha value is -3.34. The van der Waals surface area contributed by atoms with Crippen molar-refractivity contribution in [1.82, 2.24) is 35.1 Å². The number of halogens is 1. The highest BCUT2D eigenvalue weighted by Gasteiger charge is 2.44. The van der Waals surface area contributed by atoms with E-state index in [1.54, 1.807) is 30.0 Å². The van der Waals surface area contributed by atoms with E-state index < -0.39 is 11.5 Å². The van der Waals surface area contributed by atoms with E-state index in [9.17, 15) is 4.79 Å². The highest BCUT2D eigenvalue weighted by atomic mass is 19.1. The van der Waals surface area contributed by atoms with Gasteiger partial charge in [-0.2, -0.15) is 5.10 Å². The first-order chi connectivity index (χ1) is 16.8. The number of nitrogens with one attached hydrogen (secondary N) is 3. The standard InChI is InChI=1S/C25H30FN7O2/c1-15-10-32-13-19(8-21(26)23(32)29-15)25(14-35-4,33-11-16(2)28-17(3)12-33)30-24(34)20-7-5-6-18-9-27-31-22(18)20/h5-10,13,16-17,28H,11-12,14H2,1-4H3,(H,27,31)(H,30,34)/t16-,17+,25?. The Morgan fingerprint density at radius 2 is 2.06 bits per heavy atom. The second-order valence-corrected chi connectivity index (χ2v) is 9.45. The number of carbonyl (C=O) groups is 1. The first-order valence-electron chi connectivity index (χ1n) is 11.7. The maximum absolute atomic E-state index is 15.3. The number of ether oxygens (including phenoxy) is 1. The number of carbonyl (C=O) groups excluding carboxylic acids is 1. The van der Waals surface area contributed by atoms with Crippen molar-refractivity contribution in [3.05, 3.63) is 65.5 Å². The summed E-state index contributed by atoms with van der Waals surface area (Å²) in [5.74, 6) is -0.768. The summed E-state index contributed by atoms with van der Waals surface area (Å²) < 4.78 is 22.7. The van der Waals surface area contributed by atoms with Gasteiger partial charge >= 0.3 is 0 Å². The summed E-state index contributed by atoms with van der Waals surface area (Å²) >= 11 is 0. The Morgan fingerprint density at radius 3 is 2.80 bits per heavy atom. The smallest absolute Gasteiger partial charge is 0.255 e. The summed E-state index contributed by atoms with van der Waals surface area (Å²) in [5.41, 5.74) is 1.49. The number of para-hydroxylation sites is 1. The molecule has 10 heteroatoms. The lowest BCUT2D eigenvalue weighted by atomic mass is 9.95. The van der Waals surface area contributed by atoms with Crippen LogP contribution in [-0.2, 0) is 10.4 Å². The fourth-order valence-electron chi connectivity index (χ4n) is 5.21. The molecule has 35 heavy (non-hydrogen) atoms. The van der Waals surface area contributed by atoms with E-state index >= 15 is 4.39 Å². The fraction of sp³-hybridized carbons (Fsp3) is 0.400. The Kier molecular flexibility index (Phi) is 6.04. The zero-order chi connectivity index (χ0) is 24.7. The third kappa shape index (κ3) is 4.18. The summed E-state index contributed by atoms with van der Waals surface area (Å²) in [6, 6.07) is 7.23. The summed E-state index contributed by atoms with van der Waals surface area (Å²) in [5, 5.41) is 14.6. The minimum atomic E-state index is -1.13. The number of benzene rings is 1. The van der Waals surface area contributed by atoms with Gasteiger partial charge in [0.15, 0.2) is 11.5 Å².